The minimum atomic E-state index is 0.234. The third-order valence-corrected chi connectivity index (χ3v) is 2.04. The molecule has 0 saturated heterocycles. The van der Waals surface area contributed by atoms with E-state index in [1.165, 1.54) is 12.0 Å². The lowest BCUT2D eigenvalue weighted by molar-refractivity contribution is -0.116. The number of hydrogen-bond acceptors (Lipinski definition) is 1. The van der Waals surface area contributed by atoms with Crippen molar-refractivity contribution in [2.24, 2.45) is 5.92 Å². The average molecular weight is 194 g/mol. The first-order valence-electron chi connectivity index (χ1n) is 5.32. The highest BCUT2D eigenvalue weighted by Crippen LogP contribution is 2.09. The molecule has 14 heavy (non-hydrogen) atoms. The summed E-state index contributed by atoms with van der Waals surface area (Å²) in [5, 5.41) is 0. The SMILES string of the molecule is CC(=O)CC=CC(C)CCC=C(C)C. The minimum absolute atomic E-state index is 0.234. The Morgan fingerprint density at radius 1 is 1.29 bits per heavy atom. The number of ketones is 1. The molecule has 0 amide bonds. The molecule has 0 aromatic heterocycles. The quantitative estimate of drug-likeness (QED) is 0.586. The summed E-state index contributed by atoms with van der Waals surface area (Å²) < 4.78 is 0. The maximum atomic E-state index is 10.7. The molecule has 0 aromatic carbocycles. The summed E-state index contributed by atoms with van der Waals surface area (Å²) in [5.41, 5.74) is 1.38. The largest absolute Gasteiger partial charge is 0.300 e. The topological polar surface area (TPSA) is 17.1 Å². The van der Waals surface area contributed by atoms with E-state index in [-0.39, 0.29) is 5.78 Å². The summed E-state index contributed by atoms with van der Waals surface area (Å²) in [4.78, 5) is 10.7. The second-order valence-electron chi connectivity index (χ2n) is 4.17. The molecule has 0 aliphatic carbocycles. The molecule has 1 nitrogen and oxygen atoms in total. The Kier molecular flexibility index (Phi) is 7.09. The molecule has 0 aliphatic heterocycles. The van der Waals surface area contributed by atoms with E-state index in [1.54, 1.807) is 6.92 Å². The van der Waals surface area contributed by atoms with E-state index >= 15 is 0 Å². The van der Waals surface area contributed by atoms with Crippen LogP contribution in [0.15, 0.2) is 23.8 Å². The average Bonchev–Trinajstić information content (AvgIpc) is 2.02. The van der Waals surface area contributed by atoms with Crippen molar-refractivity contribution in [3.05, 3.63) is 23.8 Å². The van der Waals surface area contributed by atoms with Gasteiger partial charge in [-0.3, -0.25) is 4.79 Å². The molecule has 0 rings (SSSR count). The van der Waals surface area contributed by atoms with E-state index in [9.17, 15) is 4.79 Å². The standard InChI is InChI=1S/C13H22O/c1-11(2)7-5-8-12(3)9-6-10-13(4)14/h6-7,9,12H,5,8,10H2,1-4H3. The molecule has 80 valence electrons. The maximum Gasteiger partial charge on any atom is 0.133 e. The van der Waals surface area contributed by atoms with Crippen molar-refractivity contribution in [2.75, 3.05) is 0 Å². The number of rotatable bonds is 6. The van der Waals surface area contributed by atoms with Crippen LogP contribution in [0.25, 0.3) is 0 Å². The Bertz CT molecular complexity index is 219. The molecule has 0 fully saturated rings. The Morgan fingerprint density at radius 3 is 2.43 bits per heavy atom. The molecule has 0 saturated carbocycles. The lowest BCUT2D eigenvalue weighted by atomic mass is 10.0. The van der Waals surface area contributed by atoms with Gasteiger partial charge in [-0.2, -0.15) is 0 Å². The number of allylic oxidation sites excluding steroid dienone is 4. The Hall–Kier alpha value is -0.850. The third kappa shape index (κ3) is 9.24. The highest BCUT2D eigenvalue weighted by atomic mass is 16.1. The third-order valence-electron chi connectivity index (χ3n) is 2.04. The smallest absolute Gasteiger partial charge is 0.133 e. The zero-order valence-corrected chi connectivity index (χ0v) is 9.84. The Morgan fingerprint density at radius 2 is 1.93 bits per heavy atom. The van der Waals surface area contributed by atoms with Gasteiger partial charge in [0.15, 0.2) is 0 Å². The molecular formula is C13H22O. The summed E-state index contributed by atoms with van der Waals surface area (Å²) in [6.45, 7) is 8.06. The van der Waals surface area contributed by atoms with E-state index in [4.69, 9.17) is 0 Å². The van der Waals surface area contributed by atoms with Gasteiger partial charge in [-0.05, 0) is 39.5 Å². The normalized spacial score (nSPS) is 12.9. The van der Waals surface area contributed by atoms with Crippen LogP contribution < -0.4 is 0 Å². The summed E-state index contributed by atoms with van der Waals surface area (Å²) in [7, 11) is 0. The van der Waals surface area contributed by atoms with Gasteiger partial charge in [0.25, 0.3) is 0 Å². The molecule has 0 bridgehead atoms. The van der Waals surface area contributed by atoms with E-state index < -0.39 is 0 Å². The zero-order valence-electron chi connectivity index (χ0n) is 9.84. The number of carbonyl (C=O) groups is 1. The number of carbonyl (C=O) groups excluding carboxylic acids is 1. The van der Waals surface area contributed by atoms with Gasteiger partial charge in [0.2, 0.25) is 0 Å². The second-order valence-corrected chi connectivity index (χ2v) is 4.17. The van der Waals surface area contributed by atoms with Gasteiger partial charge >= 0.3 is 0 Å². The Labute approximate surface area is 87.9 Å². The summed E-state index contributed by atoms with van der Waals surface area (Å²) in [5.74, 6) is 0.808. The summed E-state index contributed by atoms with van der Waals surface area (Å²) in [6, 6.07) is 0. The van der Waals surface area contributed by atoms with Crippen molar-refractivity contribution in [1.29, 1.82) is 0 Å². The molecule has 0 N–H and O–H groups in total. The Balaban J connectivity index is 3.64. The van der Waals surface area contributed by atoms with Gasteiger partial charge < -0.3 is 0 Å². The van der Waals surface area contributed by atoms with Crippen LogP contribution in [0.1, 0.15) is 47.0 Å². The van der Waals surface area contributed by atoms with E-state index in [2.05, 4.69) is 32.9 Å². The lowest BCUT2D eigenvalue weighted by Crippen LogP contribution is -1.90. The number of hydrogen-bond donors (Lipinski definition) is 0. The first-order valence-corrected chi connectivity index (χ1v) is 5.32. The van der Waals surface area contributed by atoms with Crippen molar-refractivity contribution in [2.45, 2.75) is 47.0 Å². The van der Waals surface area contributed by atoms with Crippen LogP contribution in [-0.4, -0.2) is 5.78 Å². The number of Topliss-reactive ketones (excluding diaryl/α,β-unsaturated/α-hetero) is 1. The zero-order chi connectivity index (χ0) is 11.0. The summed E-state index contributed by atoms with van der Waals surface area (Å²) >= 11 is 0. The minimum Gasteiger partial charge on any atom is -0.300 e. The fraction of sp³-hybridized carbons (Fsp3) is 0.615. The molecule has 1 unspecified atom stereocenters. The molecule has 0 aromatic rings. The first-order chi connectivity index (χ1) is 6.52. The maximum absolute atomic E-state index is 10.7. The molecule has 0 spiro atoms. The van der Waals surface area contributed by atoms with Gasteiger partial charge in [0, 0.05) is 6.42 Å². The van der Waals surface area contributed by atoms with Crippen molar-refractivity contribution >= 4 is 5.78 Å². The van der Waals surface area contributed by atoms with Gasteiger partial charge in [-0.1, -0.05) is 30.7 Å². The monoisotopic (exact) mass is 194 g/mol. The predicted octanol–water partition coefficient (Wildman–Crippen LogP) is 3.90. The predicted molar refractivity (Wildman–Crippen MR) is 62.3 cm³/mol. The highest BCUT2D eigenvalue weighted by molar-refractivity contribution is 5.76. The molecule has 0 radical (unpaired) electrons. The van der Waals surface area contributed by atoms with Crippen LogP contribution >= 0.6 is 0 Å². The molecule has 1 heteroatoms. The van der Waals surface area contributed by atoms with Crippen molar-refractivity contribution < 1.29 is 4.79 Å². The van der Waals surface area contributed by atoms with Crippen LogP contribution in [0.4, 0.5) is 0 Å². The fourth-order valence-electron chi connectivity index (χ4n) is 1.20. The van der Waals surface area contributed by atoms with Crippen LogP contribution in [-0.2, 0) is 4.79 Å². The first kappa shape index (κ1) is 13.2. The second kappa shape index (κ2) is 7.54. The van der Waals surface area contributed by atoms with Crippen molar-refractivity contribution in [1.82, 2.24) is 0 Å². The fourth-order valence-corrected chi connectivity index (χ4v) is 1.20. The van der Waals surface area contributed by atoms with Crippen molar-refractivity contribution in [3.63, 3.8) is 0 Å². The lowest BCUT2D eigenvalue weighted by Gasteiger charge is -2.02. The molecular weight excluding hydrogens is 172 g/mol. The van der Waals surface area contributed by atoms with Crippen LogP contribution in [0.2, 0.25) is 0 Å². The van der Waals surface area contributed by atoms with Gasteiger partial charge in [-0.15, -0.1) is 0 Å². The van der Waals surface area contributed by atoms with Crippen molar-refractivity contribution in [3.8, 4) is 0 Å². The van der Waals surface area contributed by atoms with Gasteiger partial charge in [0.05, 0.1) is 0 Å². The molecule has 0 heterocycles. The van der Waals surface area contributed by atoms with Gasteiger partial charge in [-0.25, -0.2) is 0 Å². The van der Waals surface area contributed by atoms with E-state index in [1.807, 2.05) is 6.08 Å². The summed E-state index contributed by atoms with van der Waals surface area (Å²) in [6.07, 6.45) is 9.26. The van der Waals surface area contributed by atoms with E-state index in [0.717, 1.165) is 6.42 Å². The molecule has 1 atom stereocenters. The van der Waals surface area contributed by atoms with Crippen LogP contribution in [0, 0.1) is 5.92 Å². The van der Waals surface area contributed by atoms with Gasteiger partial charge in [0.1, 0.15) is 5.78 Å². The van der Waals surface area contributed by atoms with Crippen LogP contribution in [0.3, 0.4) is 0 Å². The van der Waals surface area contributed by atoms with Crippen LogP contribution in [0.5, 0.6) is 0 Å². The molecule has 0 aliphatic rings. The van der Waals surface area contributed by atoms with E-state index in [0.29, 0.717) is 12.3 Å². The highest BCUT2D eigenvalue weighted by Gasteiger charge is 1.95.